The summed E-state index contributed by atoms with van der Waals surface area (Å²) < 4.78 is 0. The van der Waals surface area contributed by atoms with E-state index in [0.717, 1.165) is 0 Å². The molecule has 0 atom stereocenters. The van der Waals surface area contributed by atoms with Gasteiger partial charge < -0.3 is 10.2 Å². The van der Waals surface area contributed by atoms with Crippen LogP contribution in [0.3, 0.4) is 0 Å². The first kappa shape index (κ1) is 12.6. The maximum Gasteiger partial charge on any atom is 0.254 e. The van der Waals surface area contributed by atoms with E-state index in [-0.39, 0.29) is 5.91 Å². The molecule has 0 aromatic carbocycles. The van der Waals surface area contributed by atoms with Crippen molar-refractivity contribution >= 4 is 23.1 Å². The number of anilines is 1. The number of aromatic nitrogens is 1. The van der Waals surface area contributed by atoms with Crippen LogP contribution < -0.4 is 5.32 Å². The molecule has 18 heavy (non-hydrogen) atoms. The first-order valence-electron chi connectivity index (χ1n) is 5.62. The molecule has 2 rings (SSSR count). The van der Waals surface area contributed by atoms with E-state index >= 15 is 0 Å². The van der Waals surface area contributed by atoms with Gasteiger partial charge in [-0.3, -0.25) is 4.79 Å². The summed E-state index contributed by atoms with van der Waals surface area (Å²) in [5.74, 6) is 0.702. The normalized spacial score (nSPS) is 10.1. The Hall–Kier alpha value is -1.88. The van der Waals surface area contributed by atoms with E-state index in [1.165, 1.54) is 4.88 Å². The van der Waals surface area contributed by atoms with Crippen molar-refractivity contribution < 1.29 is 4.79 Å². The van der Waals surface area contributed by atoms with Crippen LogP contribution in [0.4, 0.5) is 5.82 Å². The molecule has 0 aliphatic rings. The zero-order valence-electron chi connectivity index (χ0n) is 10.4. The molecule has 0 radical (unpaired) electrons. The Labute approximate surface area is 110 Å². The maximum absolute atomic E-state index is 12.2. The first-order chi connectivity index (χ1) is 8.70. The maximum atomic E-state index is 12.2. The van der Waals surface area contributed by atoms with Crippen LogP contribution in [0.5, 0.6) is 0 Å². The highest BCUT2D eigenvalue weighted by molar-refractivity contribution is 7.09. The number of carbonyl (C=O) groups is 1. The molecular weight excluding hydrogens is 246 g/mol. The molecule has 0 aliphatic heterocycles. The fraction of sp³-hybridized carbons (Fsp3) is 0.231. The van der Waals surface area contributed by atoms with E-state index < -0.39 is 0 Å². The van der Waals surface area contributed by atoms with Gasteiger partial charge in [-0.05, 0) is 23.6 Å². The van der Waals surface area contributed by atoms with Gasteiger partial charge in [-0.15, -0.1) is 11.3 Å². The lowest BCUT2D eigenvalue weighted by atomic mass is 10.2. The molecule has 2 aromatic heterocycles. The van der Waals surface area contributed by atoms with Gasteiger partial charge in [0.25, 0.3) is 5.91 Å². The van der Waals surface area contributed by atoms with Gasteiger partial charge >= 0.3 is 0 Å². The van der Waals surface area contributed by atoms with Gasteiger partial charge in [0.2, 0.25) is 0 Å². The van der Waals surface area contributed by atoms with E-state index in [1.807, 2.05) is 24.6 Å². The number of hydrogen-bond donors (Lipinski definition) is 1. The van der Waals surface area contributed by atoms with Gasteiger partial charge in [-0.25, -0.2) is 4.98 Å². The van der Waals surface area contributed by atoms with Crippen LogP contribution in [0.2, 0.25) is 0 Å². The van der Waals surface area contributed by atoms with Gasteiger partial charge in [0.15, 0.2) is 0 Å². The second-order valence-corrected chi connectivity index (χ2v) is 4.95. The van der Waals surface area contributed by atoms with Crippen molar-refractivity contribution in [1.29, 1.82) is 0 Å². The molecule has 1 N–H and O–H groups in total. The van der Waals surface area contributed by atoms with E-state index in [0.29, 0.717) is 17.9 Å². The molecule has 0 saturated heterocycles. The fourth-order valence-corrected chi connectivity index (χ4v) is 2.39. The molecule has 0 fully saturated rings. The SMILES string of the molecule is CNc1cc(C(=O)N(C)Cc2cccs2)ccn1. The van der Waals surface area contributed by atoms with Gasteiger partial charge in [0.05, 0.1) is 6.54 Å². The van der Waals surface area contributed by atoms with E-state index in [9.17, 15) is 4.79 Å². The van der Waals surface area contributed by atoms with Crippen molar-refractivity contribution in [2.75, 3.05) is 19.4 Å². The summed E-state index contributed by atoms with van der Waals surface area (Å²) in [5, 5.41) is 4.94. The minimum absolute atomic E-state index is 0.00213. The molecule has 1 amide bonds. The monoisotopic (exact) mass is 261 g/mol. The van der Waals surface area contributed by atoms with Gasteiger partial charge in [-0.2, -0.15) is 0 Å². The standard InChI is InChI=1S/C13H15N3OS/c1-14-12-8-10(5-6-15-12)13(17)16(2)9-11-4-3-7-18-11/h3-8H,9H2,1-2H3,(H,14,15). The Balaban J connectivity index is 2.10. The Kier molecular flexibility index (Phi) is 3.94. The molecule has 2 heterocycles. The zero-order valence-corrected chi connectivity index (χ0v) is 11.2. The summed E-state index contributed by atoms with van der Waals surface area (Å²) in [5.41, 5.74) is 0.647. The largest absolute Gasteiger partial charge is 0.373 e. The molecule has 0 saturated carbocycles. The summed E-state index contributed by atoms with van der Waals surface area (Å²) in [6, 6.07) is 7.51. The summed E-state index contributed by atoms with van der Waals surface area (Å²) in [4.78, 5) is 19.2. The van der Waals surface area contributed by atoms with Gasteiger partial charge in [0.1, 0.15) is 5.82 Å². The average Bonchev–Trinajstić information content (AvgIpc) is 2.90. The van der Waals surface area contributed by atoms with E-state index in [4.69, 9.17) is 0 Å². The quantitative estimate of drug-likeness (QED) is 0.919. The lowest BCUT2D eigenvalue weighted by molar-refractivity contribution is 0.0786. The number of amides is 1. The van der Waals surface area contributed by atoms with Crippen LogP contribution in [-0.4, -0.2) is 29.9 Å². The molecule has 2 aromatic rings. The van der Waals surface area contributed by atoms with Crippen LogP contribution >= 0.6 is 11.3 Å². The minimum atomic E-state index is 0.00213. The molecule has 0 bridgehead atoms. The number of carbonyl (C=O) groups excluding carboxylic acids is 1. The highest BCUT2D eigenvalue weighted by Gasteiger charge is 2.12. The van der Waals surface area contributed by atoms with Crippen LogP contribution in [-0.2, 0) is 6.54 Å². The summed E-state index contributed by atoms with van der Waals surface area (Å²) in [7, 11) is 3.59. The molecule has 94 valence electrons. The molecule has 0 aliphatic carbocycles. The molecule has 0 spiro atoms. The van der Waals surface area contributed by atoms with Crippen molar-refractivity contribution in [3.63, 3.8) is 0 Å². The zero-order chi connectivity index (χ0) is 13.0. The number of rotatable bonds is 4. The molecule has 4 nitrogen and oxygen atoms in total. The van der Waals surface area contributed by atoms with E-state index in [1.54, 1.807) is 41.6 Å². The summed E-state index contributed by atoms with van der Waals surface area (Å²) >= 11 is 1.65. The number of nitrogens with zero attached hydrogens (tertiary/aromatic N) is 2. The smallest absolute Gasteiger partial charge is 0.254 e. The van der Waals surface area contributed by atoms with Crippen LogP contribution in [0.25, 0.3) is 0 Å². The Morgan fingerprint density at radius 1 is 1.50 bits per heavy atom. The van der Waals surface area contributed by atoms with Crippen LogP contribution in [0.15, 0.2) is 35.8 Å². The summed E-state index contributed by atoms with van der Waals surface area (Å²) in [6.45, 7) is 0.633. The Morgan fingerprint density at radius 3 is 3.00 bits per heavy atom. The van der Waals surface area contributed by atoms with Crippen molar-refractivity contribution in [2.45, 2.75) is 6.54 Å². The lowest BCUT2D eigenvalue weighted by Gasteiger charge is -2.16. The van der Waals surface area contributed by atoms with Crippen LogP contribution in [0, 0.1) is 0 Å². The number of nitrogens with one attached hydrogen (secondary N) is 1. The van der Waals surface area contributed by atoms with Crippen molar-refractivity contribution in [1.82, 2.24) is 9.88 Å². The van der Waals surface area contributed by atoms with E-state index in [2.05, 4.69) is 10.3 Å². The van der Waals surface area contributed by atoms with Gasteiger partial charge in [-0.1, -0.05) is 6.07 Å². The second-order valence-electron chi connectivity index (χ2n) is 3.92. The van der Waals surface area contributed by atoms with Crippen molar-refractivity contribution in [2.24, 2.45) is 0 Å². The third-order valence-corrected chi connectivity index (χ3v) is 3.44. The topological polar surface area (TPSA) is 45.2 Å². The number of pyridine rings is 1. The fourth-order valence-electron chi connectivity index (χ4n) is 1.63. The van der Waals surface area contributed by atoms with Crippen molar-refractivity contribution in [3.05, 3.63) is 46.3 Å². The highest BCUT2D eigenvalue weighted by Crippen LogP contribution is 2.14. The third-order valence-electron chi connectivity index (χ3n) is 2.58. The second kappa shape index (κ2) is 5.64. The van der Waals surface area contributed by atoms with Crippen molar-refractivity contribution in [3.8, 4) is 0 Å². The first-order valence-corrected chi connectivity index (χ1v) is 6.50. The Bertz CT molecular complexity index is 525. The number of hydrogen-bond acceptors (Lipinski definition) is 4. The Morgan fingerprint density at radius 2 is 2.33 bits per heavy atom. The minimum Gasteiger partial charge on any atom is -0.373 e. The molecule has 0 unspecified atom stereocenters. The summed E-state index contributed by atoms with van der Waals surface area (Å²) in [6.07, 6.45) is 1.64. The number of thiophene rings is 1. The highest BCUT2D eigenvalue weighted by atomic mass is 32.1. The lowest BCUT2D eigenvalue weighted by Crippen LogP contribution is -2.25. The van der Waals surface area contributed by atoms with Gasteiger partial charge in [0, 0.05) is 30.7 Å². The third kappa shape index (κ3) is 2.87. The molecule has 5 heteroatoms. The van der Waals surface area contributed by atoms with Crippen LogP contribution in [0.1, 0.15) is 15.2 Å². The molecular formula is C13H15N3OS. The predicted molar refractivity (Wildman–Crippen MR) is 73.9 cm³/mol. The average molecular weight is 261 g/mol. The predicted octanol–water partition coefficient (Wildman–Crippen LogP) is 2.46.